The van der Waals surface area contributed by atoms with Gasteiger partial charge in [0.25, 0.3) is 5.82 Å². The average molecular weight is 515 g/mol. The zero-order valence-electron chi connectivity index (χ0n) is 18.9. The van der Waals surface area contributed by atoms with Gasteiger partial charge in [-0.25, -0.2) is 22.7 Å². The van der Waals surface area contributed by atoms with E-state index in [1.165, 1.54) is 0 Å². The highest BCUT2D eigenvalue weighted by atomic mass is 79.9. The van der Waals surface area contributed by atoms with Gasteiger partial charge in [0.15, 0.2) is 5.60 Å². The fraction of sp³-hybridized carbons (Fsp3) is 0.583. The maximum Gasteiger partial charge on any atom is 0.343 e. The van der Waals surface area contributed by atoms with Gasteiger partial charge in [-0.1, -0.05) is 30.3 Å². The Hall–Kier alpha value is -1.80. The molecule has 1 saturated carbocycles. The van der Waals surface area contributed by atoms with Crippen LogP contribution in [-0.2, 0) is 21.7 Å². The minimum absolute atomic E-state index is 0. The van der Waals surface area contributed by atoms with Gasteiger partial charge in [0.1, 0.15) is 12.4 Å². The number of esters is 1. The number of nitrogens with zero attached hydrogens (tertiary/aromatic N) is 2. The summed E-state index contributed by atoms with van der Waals surface area (Å²) in [6.07, 6.45) is 4.45. The Balaban J connectivity index is 0.00000363. The first-order chi connectivity index (χ1) is 14.6. The van der Waals surface area contributed by atoms with Crippen molar-refractivity contribution in [3.05, 3.63) is 54.1 Å². The minimum atomic E-state index is -2.89. The predicted octanol–water partition coefficient (Wildman–Crippen LogP) is 1.32. The molecule has 178 valence electrons. The molecular formula is C24H33BrF2N2O3. The number of aliphatic hydroxyl groups is 1. The highest BCUT2D eigenvalue weighted by molar-refractivity contribution is 5.81. The maximum atomic E-state index is 14.1. The summed E-state index contributed by atoms with van der Waals surface area (Å²) in [5.41, 5.74) is -1.77. The normalized spacial score (nSPS) is 19.8. The van der Waals surface area contributed by atoms with Crippen molar-refractivity contribution in [2.75, 3.05) is 6.61 Å². The lowest BCUT2D eigenvalue weighted by Crippen LogP contribution is -3.00. The van der Waals surface area contributed by atoms with Crippen molar-refractivity contribution in [3.63, 3.8) is 0 Å². The molecule has 1 aromatic carbocycles. The second-order valence-corrected chi connectivity index (χ2v) is 8.81. The van der Waals surface area contributed by atoms with E-state index in [2.05, 4.69) is 23.0 Å². The Morgan fingerprint density at radius 3 is 2.62 bits per heavy atom. The van der Waals surface area contributed by atoms with E-state index in [9.17, 15) is 18.7 Å². The molecule has 3 rings (SSSR count). The van der Waals surface area contributed by atoms with Crippen LogP contribution in [0.2, 0.25) is 0 Å². The van der Waals surface area contributed by atoms with Crippen molar-refractivity contribution >= 4 is 5.97 Å². The smallest absolute Gasteiger partial charge is 0.343 e. The molecule has 1 heterocycles. The van der Waals surface area contributed by atoms with Crippen molar-refractivity contribution in [1.29, 1.82) is 0 Å². The molecule has 0 amide bonds. The summed E-state index contributed by atoms with van der Waals surface area (Å²) in [5.74, 6) is -3.51. The lowest BCUT2D eigenvalue weighted by Gasteiger charge is -2.39. The van der Waals surface area contributed by atoms with Crippen molar-refractivity contribution in [2.24, 2.45) is 5.92 Å². The summed E-state index contributed by atoms with van der Waals surface area (Å²) < 4.78 is 37.9. The number of aromatic nitrogens is 2. The highest BCUT2D eigenvalue weighted by Crippen LogP contribution is 2.45. The number of carbonyl (C=O) groups is 1. The second-order valence-electron chi connectivity index (χ2n) is 8.81. The molecule has 0 bridgehead atoms. The number of hydrogen-bond acceptors (Lipinski definition) is 3. The molecule has 0 radical (unpaired) electrons. The zero-order chi connectivity index (χ0) is 22.6. The number of carbonyl (C=O) groups excluding carboxylic acids is 1. The van der Waals surface area contributed by atoms with E-state index in [1.807, 2.05) is 19.3 Å². The molecule has 0 aliphatic heterocycles. The molecule has 5 nitrogen and oxygen atoms in total. The van der Waals surface area contributed by atoms with Crippen molar-refractivity contribution in [2.45, 2.75) is 77.0 Å². The molecule has 1 N–H and O–H groups in total. The van der Waals surface area contributed by atoms with Crippen LogP contribution in [0.1, 0.15) is 63.4 Å². The molecule has 2 aromatic rings. The third kappa shape index (κ3) is 5.76. The Kier molecular flexibility index (Phi) is 8.99. The minimum Gasteiger partial charge on any atom is -1.00 e. The molecule has 8 heteroatoms. The van der Waals surface area contributed by atoms with Crippen LogP contribution in [0.3, 0.4) is 0 Å². The maximum absolute atomic E-state index is 14.1. The molecular weight excluding hydrogens is 482 g/mol. The third-order valence-corrected chi connectivity index (χ3v) is 6.29. The van der Waals surface area contributed by atoms with Crippen LogP contribution in [0, 0.1) is 12.8 Å². The largest absolute Gasteiger partial charge is 1.00 e. The molecule has 1 fully saturated rings. The number of imidazole rings is 1. The SMILES string of the molecule is Cc1n(C(C)C)cc[n+]1CCCOC(=O)[C@](O)(c1ccccc1)[C@@H]1CCCC(F)(F)C1.[Br-]. The second kappa shape index (κ2) is 10.9. The quantitative estimate of drug-likeness (QED) is 0.328. The fourth-order valence-electron chi connectivity index (χ4n) is 4.55. The molecule has 1 aromatic heterocycles. The van der Waals surface area contributed by atoms with Gasteiger partial charge in [0, 0.05) is 32.1 Å². The van der Waals surface area contributed by atoms with E-state index in [0.717, 1.165) is 5.82 Å². The highest BCUT2D eigenvalue weighted by Gasteiger charge is 2.52. The number of alkyl halides is 2. The van der Waals surface area contributed by atoms with Gasteiger partial charge >= 0.3 is 5.97 Å². The van der Waals surface area contributed by atoms with Crippen molar-refractivity contribution in [1.82, 2.24) is 4.57 Å². The molecule has 1 aliphatic rings. The number of aryl methyl sites for hydroxylation is 1. The van der Waals surface area contributed by atoms with Crippen LogP contribution in [-0.4, -0.2) is 28.2 Å². The average Bonchev–Trinajstić information content (AvgIpc) is 3.11. The number of benzene rings is 1. The number of rotatable bonds is 8. The van der Waals surface area contributed by atoms with E-state index >= 15 is 0 Å². The van der Waals surface area contributed by atoms with Gasteiger partial charge in [0.2, 0.25) is 5.92 Å². The summed E-state index contributed by atoms with van der Waals surface area (Å²) in [5, 5.41) is 11.4. The van der Waals surface area contributed by atoms with Crippen LogP contribution in [0.15, 0.2) is 42.7 Å². The van der Waals surface area contributed by atoms with Gasteiger partial charge in [0.05, 0.1) is 19.2 Å². The summed E-state index contributed by atoms with van der Waals surface area (Å²) in [7, 11) is 0. The van der Waals surface area contributed by atoms with Crippen LogP contribution in [0.25, 0.3) is 0 Å². The lowest BCUT2D eigenvalue weighted by atomic mass is 9.72. The van der Waals surface area contributed by atoms with E-state index in [4.69, 9.17) is 4.74 Å². The van der Waals surface area contributed by atoms with E-state index in [0.29, 0.717) is 31.0 Å². The first kappa shape index (κ1) is 26.5. The Morgan fingerprint density at radius 1 is 1.34 bits per heavy atom. The summed E-state index contributed by atoms with van der Waals surface area (Å²) in [4.78, 5) is 13.0. The van der Waals surface area contributed by atoms with Crippen LogP contribution >= 0.6 is 0 Å². The lowest BCUT2D eigenvalue weighted by molar-refractivity contribution is -0.703. The standard InChI is InChI=1S/C24H33F2N2O3.BrH/c1-18(2)28-15-14-27(19(28)3)13-8-16-31-22(29)24(30,20-9-5-4-6-10-20)21-11-7-12-23(25,26)17-21;/h4-6,9-10,14-15,18,21,30H,7-8,11-13,16-17H2,1-3H3;1H/q+1;/p-1/t21-,24+;/m1./s1. The fourth-order valence-corrected chi connectivity index (χ4v) is 4.55. The number of hydrogen-bond donors (Lipinski definition) is 1. The predicted molar refractivity (Wildman–Crippen MR) is 113 cm³/mol. The topological polar surface area (TPSA) is 55.3 Å². The molecule has 2 atom stereocenters. The van der Waals surface area contributed by atoms with E-state index in [-0.39, 0.29) is 36.4 Å². The zero-order valence-corrected chi connectivity index (χ0v) is 20.5. The molecule has 1 aliphatic carbocycles. The van der Waals surface area contributed by atoms with Crippen molar-refractivity contribution in [3.8, 4) is 0 Å². The Morgan fingerprint density at radius 2 is 2.03 bits per heavy atom. The Labute approximate surface area is 199 Å². The van der Waals surface area contributed by atoms with Gasteiger partial charge in [-0.15, -0.1) is 0 Å². The van der Waals surface area contributed by atoms with Crippen LogP contribution in [0.4, 0.5) is 8.78 Å². The third-order valence-electron chi connectivity index (χ3n) is 6.29. The van der Waals surface area contributed by atoms with Gasteiger partial charge in [-0.2, -0.15) is 0 Å². The molecule has 0 saturated heterocycles. The molecule has 0 spiro atoms. The summed E-state index contributed by atoms with van der Waals surface area (Å²) in [6.45, 7) is 7.01. The van der Waals surface area contributed by atoms with Gasteiger partial charge in [-0.3, -0.25) is 0 Å². The molecule has 0 unspecified atom stereocenters. The number of halogens is 3. The monoisotopic (exact) mass is 514 g/mol. The van der Waals surface area contributed by atoms with Crippen molar-refractivity contribution < 1.29 is 45.0 Å². The van der Waals surface area contributed by atoms with E-state index in [1.54, 1.807) is 30.3 Å². The van der Waals surface area contributed by atoms with Gasteiger partial charge in [-0.05, 0) is 32.3 Å². The van der Waals surface area contributed by atoms with Crippen LogP contribution < -0.4 is 21.5 Å². The first-order valence-corrected chi connectivity index (χ1v) is 11.0. The number of ether oxygens (including phenoxy) is 1. The molecule has 32 heavy (non-hydrogen) atoms. The van der Waals surface area contributed by atoms with Gasteiger partial charge < -0.3 is 26.8 Å². The van der Waals surface area contributed by atoms with Crippen LogP contribution in [0.5, 0.6) is 0 Å². The summed E-state index contributed by atoms with van der Waals surface area (Å²) in [6, 6.07) is 8.69. The summed E-state index contributed by atoms with van der Waals surface area (Å²) >= 11 is 0. The van der Waals surface area contributed by atoms with E-state index < -0.39 is 29.8 Å². The Bertz CT molecular complexity index is 889. The first-order valence-electron chi connectivity index (χ1n) is 11.0.